The Morgan fingerprint density at radius 2 is 1.14 bits per heavy atom. The molecule has 0 bridgehead atoms. The Hall–Kier alpha value is -4.83. The summed E-state index contributed by atoms with van der Waals surface area (Å²) < 4.78 is 47.4. The van der Waals surface area contributed by atoms with Gasteiger partial charge in [-0.15, -0.1) is 0 Å². The van der Waals surface area contributed by atoms with E-state index in [0.717, 1.165) is 27.1 Å². The zero-order valence-corrected chi connectivity index (χ0v) is 18.3. The molecular formula is C31H19N3O. The predicted molar refractivity (Wildman–Crippen MR) is 141 cm³/mol. The maximum atomic E-state index is 8.47. The van der Waals surface area contributed by atoms with Crippen molar-refractivity contribution >= 4 is 32.7 Å². The summed E-state index contributed by atoms with van der Waals surface area (Å²) in [5.74, 6) is 0.614. The largest absolute Gasteiger partial charge is 0.456 e. The Morgan fingerprint density at radius 3 is 1.91 bits per heavy atom. The van der Waals surface area contributed by atoms with E-state index in [4.69, 9.17) is 16.3 Å². The molecule has 0 spiro atoms. The first-order valence-electron chi connectivity index (χ1n) is 13.6. The Kier molecular flexibility index (Phi) is 3.41. The normalized spacial score (nSPS) is 13.4. The molecule has 7 rings (SSSR count). The van der Waals surface area contributed by atoms with E-state index in [2.05, 4.69) is 22.1 Å². The predicted octanol–water partition coefficient (Wildman–Crippen LogP) is 7.93. The van der Waals surface area contributed by atoms with Crippen LogP contribution in [0.15, 0.2) is 120 Å². The van der Waals surface area contributed by atoms with E-state index in [-0.39, 0.29) is 23.5 Å². The van der Waals surface area contributed by atoms with Gasteiger partial charge < -0.3 is 4.42 Å². The van der Waals surface area contributed by atoms with E-state index >= 15 is 0 Å². The van der Waals surface area contributed by atoms with Gasteiger partial charge in [0.05, 0.1) is 6.85 Å². The maximum absolute atomic E-state index is 8.47. The smallest absolute Gasteiger partial charge is 0.164 e. The van der Waals surface area contributed by atoms with E-state index in [9.17, 15) is 0 Å². The lowest BCUT2D eigenvalue weighted by Gasteiger charge is -2.08. The van der Waals surface area contributed by atoms with E-state index in [1.807, 2.05) is 72.8 Å². The summed E-state index contributed by atoms with van der Waals surface area (Å²) in [7, 11) is 0. The highest BCUT2D eigenvalue weighted by atomic mass is 16.3. The van der Waals surface area contributed by atoms with Gasteiger partial charge in [0.25, 0.3) is 0 Å². The van der Waals surface area contributed by atoms with E-state index in [0.29, 0.717) is 28.4 Å². The molecule has 0 amide bonds. The third kappa shape index (κ3) is 3.44. The van der Waals surface area contributed by atoms with E-state index in [1.165, 1.54) is 0 Å². The van der Waals surface area contributed by atoms with Crippen LogP contribution in [0.3, 0.4) is 0 Å². The molecule has 0 aliphatic rings. The van der Waals surface area contributed by atoms with Gasteiger partial charge in [-0.25, -0.2) is 15.0 Å². The fraction of sp³-hybridized carbons (Fsp3) is 0. The SMILES string of the molecule is [2H]c1c([2H])c([2H])c(-c2nc(-c3ccccc3)nc(-c3ccc4c(c3)oc3cc5ccccc5cc34)n2)c([2H])c1[2H]. The Morgan fingerprint density at radius 1 is 0.514 bits per heavy atom. The van der Waals surface area contributed by atoms with Crippen molar-refractivity contribution in [2.45, 2.75) is 0 Å². The molecule has 0 saturated heterocycles. The average Bonchev–Trinajstić information content (AvgIpc) is 3.34. The molecule has 4 nitrogen and oxygen atoms in total. The summed E-state index contributed by atoms with van der Waals surface area (Å²) in [4.78, 5) is 13.9. The first-order valence-corrected chi connectivity index (χ1v) is 11.1. The van der Waals surface area contributed by atoms with Crippen LogP contribution in [0.2, 0.25) is 0 Å². The van der Waals surface area contributed by atoms with Crippen molar-refractivity contribution in [3.63, 3.8) is 0 Å². The lowest BCUT2D eigenvalue weighted by molar-refractivity contribution is 0.669. The van der Waals surface area contributed by atoms with E-state index < -0.39 is 18.1 Å². The van der Waals surface area contributed by atoms with Gasteiger partial charge in [-0.1, -0.05) is 90.9 Å². The van der Waals surface area contributed by atoms with Crippen LogP contribution >= 0.6 is 0 Å². The van der Waals surface area contributed by atoms with Crippen molar-refractivity contribution in [3.05, 3.63) is 115 Å². The third-order valence-electron chi connectivity index (χ3n) is 5.99. The molecule has 0 radical (unpaired) electrons. The number of nitrogens with zero attached hydrogens (tertiary/aromatic N) is 3. The fourth-order valence-corrected chi connectivity index (χ4v) is 4.30. The van der Waals surface area contributed by atoms with Gasteiger partial charge in [-0.05, 0) is 35.0 Å². The highest BCUT2D eigenvalue weighted by molar-refractivity contribution is 6.10. The molecule has 35 heavy (non-hydrogen) atoms. The van der Waals surface area contributed by atoms with Crippen molar-refractivity contribution in [2.75, 3.05) is 0 Å². The number of aromatic nitrogens is 3. The number of rotatable bonds is 3. The summed E-state index contributed by atoms with van der Waals surface area (Å²) in [6.45, 7) is 0. The standard InChI is InChI=1S/C31H19N3O/c1-3-9-20(10-4-1)29-32-30(21-11-5-2-6-12-21)34-31(33-29)24-15-16-25-26-17-22-13-7-8-14-23(22)18-28(26)35-27(25)19-24/h1-19H/i1D,3D,4D,9D,10D. The van der Waals surface area contributed by atoms with Crippen molar-refractivity contribution in [1.82, 2.24) is 15.0 Å². The lowest BCUT2D eigenvalue weighted by Crippen LogP contribution is -2.00. The van der Waals surface area contributed by atoms with Crippen molar-refractivity contribution < 1.29 is 11.3 Å². The molecule has 164 valence electrons. The van der Waals surface area contributed by atoms with Gasteiger partial charge in [0.1, 0.15) is 11.2 Å². The van der Waals surface area contributed by atoms with Crippen molar-refractivity contribution in [2.24, 2.45) is 0 Å². The number of furan rings is 1. The summed E-state index contributed by atoms with van der Waals surface area (Å²) in [6, 6.07) is 25.1. The van der Waals surface area contributed by atoms with Crippen LogP contribution in [0.1, 0.15) is 6.85 Å². The van der Waals surface area contributed by atoms with E-state index in [1.54, 1.807) is 0 Å². The molecule has 2 heterocycles. The maximum Gasteiger partial charge on any atom is 0.164 e. The Labute approximate surface area is 208 Å². The molecule has 0 atom stereocenters. The highest BCUT2D eigenvalue weighted by Gasteiger charge is 2.14. The quantitative estimate of drug-likeness (QED) is 0.272. The molecule has 4 heteroatoms. The van der Waals surface area contributed by atoms with Gasteiger partial charge in [-0.2, -0.15) is 0 Å². The van der Waals surface area contributed by atoms with Crippen molar-refractivity contribution in [3.8, 4) is 34.2 Å². The Bertz CT molecular complexity index is 2100. The molecule has 0 unspecified atom stereocenters. The van der Waals surface area contributed by atoms with Gasteiger partial charge >= 0.3 is 0 Å². The summed E-state index contributed by atoms with van der Waals surface area (Å²) >= 11 is 0. The topological polar surface area (TPSA) is 51.8 Å². The number of fused-ring (bicyclic) bond motifs is 4. The minimum absolute atomic E-state index is 0.00296. The number of benzene rings is 5. The Balaban J connectivity index is 1.46. The molecule has 0 aliphatic heterocycles. The zero-order valence-electron chi connectivity index (χ0n) is 23.3. The number of hydrogen-bond donors (Lipinski definition) is 0. The van der Waals surface area contributed by atoms with Crippen molar-refractivity contribution in [1.29, 1.82) is 0 Å². The highest BCUT2D eigenvalue weighted by Crippen LogP contribution is 2.34. The molecule has 0 N–H and O–H groups in total. The first-order chi connectivity index (χ1) is 19.4. The molecule has 0 fully saturated rings. The monoisotopic (exact) mass is 454 g/mol. The zero-order chi connectivity index (χ0) is 27.5. The lowest BCUT2D eigenvalue weighted by atomic mass is 10.1. The second-order valence-electron chi connectivity index (χ2n) is 8.18. The van der Waals surface area contributed by atoms with Crippen LogP contribution in [0, 0.1) is 0 Å². The molecule has 5 aromatic carbocycles. The van der Waals surface area contributed by atoms with Crippen LogP contribution in [-0.4, -0.2) is 15.0 Å². The minimum atomic E-state index is -0.473. The first kappa shape index (κ1) is 15.1. The molecule has 0 aliphatic carbocycles. The van der Waals surface area contributed by atoms with Crippen LogP contribution in [0.25, 0.3) is 66.9 Å². The van der Waals surface area contributed by atoms with Crippen LogP contribution in [-0.2, 0) is 0 Å². The van der Waals surface area contributed by atoms with Gasteiger partial charge in [0.15, 0.2) is 17.5 Å². The average molecular weight is 455 g/mol. The summed E-state index contributed by atoms with van der Waals surface area (Å²) in [5.41, 5.74) is 2.70. The van der Waals surface area contributed by atoms with Gasteiger partial charge in [0.2, 0.25) is 0 Å². The molecule has 2 aromatic heterocycles. The second kappa shape index (κ2) is 7.89. The fourth-order valence-electron chi connectivity index (χ4n) is 4.30. The minimum Gasteiger partial charge on any atom is -0.456 e. The molecular weight excluding hydrogens is 430 g/mol. The van der Waals surface area contributed by atoms with Crippen LogP contribution < -0.4 is 0 Å². The van der Waals surface area contributed by atoms with Crippen LogP contribution in [0.4, 0.5) is 0 Å². The summed E-state index contributed by atoms with van der Waals surface area (Å²) in [5, 5.41) is 4.16. The molecule has 7 aromatic rings. The number of hydrogen-bond acceptors (Lipinski definition) is 4. The van der Waals surface area contributed by atoms with Crippen LogP contribution in [0.5, 0.6) is 0 Å². The third-order valence-corrected chi connectivity index (χ3v) is 5.99. The van der Waals surface area contributed by atoms with Gasteiger partial charge in [-0.3, -0.25) is 0 Å². The second-order valence-corrected chi connectivity index (χ2v) is 8.18. The van der Waals surface area contributed by atoms with Gasteiger partial charge in [0, 0.05) is 27.5 Å². The summed E-state index contributed by atoms with van der Waals surface area (Å²) in [6.07, 6.45) is 0. The molecule has 0 saturated carbocycles.